The molecule has 1 heterocycles. The Bertz CT molecular complexity index is 928. The van der Waals surface area contributed by atoms with E-state index in [2.05, 4.69) is 15.6 Å². The van der Waals surface area contributed by atoms with Gasteiger partial charge in [0.1, 0.15) is 11.5 Å². The van der Waals surface area contributed by atoms with Crippen LogP contribution in [0.15, 0.2) is 67.0 Å². The average Bonchev–Trinajstić information content (AvgIpc) is 2.72. The van der Waals surface area contributed by atoms with Crippen molar-refractivity contribution in [2.24, 2.45) is 0 Å². The Balaban J connectivity index is 1.68. The van der Waals surface area contributed by atoms with E-state index in [-0.39, 0.29) is 5.91 Å². The fraction of sp³-hybridized carbons (Fsp3) is 0.143. The molecule has 1 aromatic heterocycles. The normalized spacial score (nSPS) is 10.1. The van der Waals surface area contributed by atoms with Crippen molar-refractivity contribution < 1.29 is 14.3 Å². The van der Waals surface area contributed by atoms with Gasteiger partial charge in [-0.1, -0.05) is 24.3 Å². The lowest BCUT2D eigenvalue weighted by molar-refractivity contribution is 0.0950. The van der Waals surface area contributed by atoms with Crippen LogP contribution >= 0.6 is 0 Å². The summed E-state index contributed by atoms with van der Waals surface area (Å²) >= 11 is 0. The molecular weight excluding hydrogens is 342 g/mol. The molecule has 2 aromatic carbocycles. The van der Waals surface area contributed by atoms with Gasteiger partial charge < -0.3 is 20.1 Å². The Kier molecular flexibility index (Phi) is 5.89. The van der Waals surface area contributed by atoms with Crippen molar-refractivity contribution in [1.29, 1.82) is 0 Å². The topological polar surface area (TPSA) is 72.5 Å². The monoisotopic (exact) mass is 363 g/mol. The van der Waals surface area contributed by atoms with Crippen LogP contribution in [0.5, 0.6) is 11.5 Å². The van der Waals surface area contributed by atoms with Crippen LogP contribution in [0.3, 0.4) is 0 Å². The maximum absolute atomic E-state index is 12.5. The molecule has 27 heavy (non-hydrogen) atoms. The van der Waals surface area contributed by atoms with Crippen molar-refractivity contribution >= 4 is 17.3 Å². The number of ether oxygens (including phenoxy) is 2. The number of amides is 1. The van der Waals surface area contributed by atoms with Crippen molar-refractivity contribution in [1.82, 2.24) is 10.3 Å². The number of hydrogen-bond donors (Lipinski definition) is 2. The highest BCUT2D eigenvalue weighted by atomic mass is 16.5. The molecular formula is C21H21N3O3. The van der Waals surface area contributed by atoms with Gasteiger partial charge in [0.2, 0.25) is 0 Å². The van der Waals surface area contributed by atoms with E-state index in [1.54, 1.807) is 26.5 Å². The Morgan fingerprint density at radius 2 is 1.81 bits per heavy atom. The first-order valence-electron chi connectivity index (χ1n) is 8.46. The molecule has 0 bridgehead atoms. The number of anilines is 2. The van der Waals surface area contributed by atoms with Crippen molar-refractivity contribution in [2.75, 3.05) is 19.5 Å². The molecule has 0 fully saturated rings. The van der Waals surface area contributed by atoms with Crippen LogP contribution in [-0.2, 0) is 6.54 Å². The van der Waals surface area contributed by atoms with Crippen LogP contribution in [0, 0.1) is 0 Å². The van der Waals surface area contributed by atoms with Gasteiger partial charge in [0.25, 0.3) is 5.91 Å². The van der Waals surface area contributed by atoms with E-state index < -0.39 is 0 Å². The van der Waals surface area contributed by atoms with Gasteiger partial charge in [-0.15, -0.1) is 0 Å². The van der Waals surface area contributed by atoms with Gasteiger partial charge >= 0.3 is 0 Å². The highest BCUT2D eigenvalue weighted by Crippen LogP contribution is 2.21. The number of benzene rings is 2. The van der Waals surface area contributed by atoms with E-state index >= 15 is 0 Å². The third-order valence-electron chi connectivity index (χ3n) is 3.99. The minimum atomic E-state index is -0.206. The second kappa shape index (κ2) is 8.71. The Labute approximate surface area is 158 Å². The summed E-state index contributed by atoms with van der Waals surface area (Å²) in [7, 11) is 3.23. The Morgan fingerprint density at radius 3 is 2.63 bits per heavy atom. The fourth-order valence-corrected chi connectivity index (χ4v) is 2.63. The third kappa shape index (κ3) is 4.76. The molecule has 6 heteroatoms. The first-order chi connectivity index (χ1) is 13.2. The van der Waals surface area contributed by atoms with Crippen molar-refractivity contribution in [3.8, 4) is 11.5 Å². The maximum Gasteiger partial charge on any atom is 0.253 e. The summed E-state index contributed by atoms with van der Waals surface area (Å²) in [5.74, 6) is 1.28. The van der Waals surface area contributed by atoms with Gasteiger partial charge in [0.05, 0.1) is 31.7 Å². The smallest absolute Gasteiger partial charge is 0.253 e. The molecule has 3 aromatic rings. The van der Waals surface area contributed by atoms with Crippen LogP contribution in [0.2, 0.25) is 0 Å². The minimum absolute atomic E-state index is 0.206. The summed E-state index contributed by atoms with van der Waals surface area (Å²) in [5, 5.41) is 6.12. The summed E-state index contributed by atoms with van der Waals surface area (Å²) in [4.78, 5) is 16.6. The molecule has 138 valence electrons. The number of carbonyl (C=O) groups is 1. The van der Waals surface area contributed by atoms with Crippen LogP contribution in [0.1, 0.15) is 15.9 Å². The summed E-state index contributed by atoms with van der Waals surface area (Å²) in [6.45, 7) is 0.371. The quantitative estimate of drug-likeness (QED) is 0.668. The number of nitrogens with zero attached hydrogens (tertiary/aromatic N) is 1. The van der Waals surface area contributed by atoms with Crippen molar-refractivity contribution in [2.45, 2.75) is 6.54 Å². The van der Waals surface area contributed by atoms with Crippen LogP contribution < -0.4 is 20.1 Å². The molecule has 0 aliphatic rings. The number of nitrogens with one attached hydrogen (secondary N) is 2. The minimum Gasteiger partial charge on any atom is -0.497 e. The van der Waals surface area contributed by atoms with Gasteiger partial charge in [-0.05, 0) is 24.3 Å². The number of methoxy groups -OCH3 is 2. The molecule has 6 nitrogen and oxygen atoms in total. The fourth-order valence-electron chi connectivity index (χ4n) is 2.63. The van der Waals surface area contributed by atoms with Crippen LogP contribution in [0.25, 0.3) is 0 Å². The third-order valence-corrected chi connectivity index (χ3v) is 3.99. The summed E-state index contributed by atoms with van der Waals surface area (Å²) < 4.78 is 10.5. The Morgan fingerprint density at radius 1 is 0.963 bits per heavy atom. The molecule has 0 radical (unpaired) electrons. The standard InChI is InChI=1S/C21H21N3O3/c1-26-19-8-5-7-17(11-19)24-18-10-16(12-22-14-18)21(25)23-13-15-6-3-4-9-20(15)27-2/h3-12,14,24H,13H2,1-2H3,(H,23,25). The van der Waals surface area contributed by atoms with Crippen molar-refractivity contribution in [3.63, 3.8) is 0 Å². The van der Waals surface area contributed by atoms with E-state index in [4.69, 9.17) is 9.47 Å². The molecule has 0 aliphatic heterocycles. The van der Waals surface area contributed by atoms with Gasteiger partial charge in [-0.2, -0.15) is 0 Å². The Hall–Kier alpha value is -3.54. The zero-order valence-corrected chi connectivity index (χ0v) is 15.2. The van der Waals surface area contributed by atoms with Gasteiger partial charge in [0.15, 0.2) is 0 Å². The molecule has 0 spiro atoms. The highest BCUT2D eigenvalue weighted by molar-refractivity contribution is 5.94. The first kappa shape index (κ1) is 18.3. The summed E-state index contributed by atoms with van der Waals surface area (Å²) in [5.41, 5.74) is 2.95. The van der Waals surface area contributed by atoms with E-state index in [1.165, 1.54) is 6.20 Å². The molecule has 0 aliphatic carbocycles. The number of rotatable bonds is 7. The number of carbonyl (C=O) groups excluding carboxylic acids is 1. The average molecular weight is 363 g/mol. The maximum atomic E-state index is 12.5. The van der Waals surface area contributed by atoms with Gasteiger partial charge in [-0.3, -0.25) is 9.78 Å². The SMILES string of the molecule is COc1cccc(Nc2cncc(C(=O)NCc3ccccc3OC)c2)c1. The van der Waals surface area contributed by atoms with Crippen molar-refractivity contribution in [3.05, 3.63) is 78.1 Å². The summed E-state index contributed by atoms with van der Waals surface area (Å²) in [6.07, 6.45) is 3.20. The van der Waals surface area contributed by atoms with Crippen LogP contribution in [-0.4, -0.2) is 25.1 Å². The zero-order chi connectivity index (χ0) is 19.1. The number of aromatic nitrogens is 1. The number of hydrogen-bond acceptors (Lipinski definition) is 5. The van der Waals surface area contributed by atoms with Gasteiger partial charge in [0, 0.05) is 30.1 Å². The molecule has 0 saturated carbocycles. The second-order valence-corrected chi connectivity index (χ2v) is 5.81. The number of pyridine rings is 1. The number of para-hydroxylation sites is 1. The molecule has 2 N–H and O–H groups in total. The lowest BCUT2D eigenvalue weighted by atomic mass is 10.2. The lowest BCUT2D eigenvalue weighted by Crippen LogP contribution is -2.23. The van der Waals surface area contributed by atoms with Crippen LogP contribution in [0.4, 0.5) is 11.4 Å². The molecule has 0 unspecified atom stereocenters. The predicted molar refractivity (Wildman–Crippen MR) is 105 cm³/mol. The molecule has 0 saturated heterocycles. The first-order valence-corrected chi connectivity index (χ1v) is 8.46. The molecule has 1 amide bonds. The highest BCUT2D eigenvalue weighted by Gasteiger charge is 2.09. The largest absolute Gasteiger partial charge is 0.497 e. The zero-order valence-electron chi connectivity index (χ0n) is 15.2. The summed E-state index contributed by atoms with van der Waals surface area (Å²) in [6, 6.07) is 16.9. The van der Waals surface area contributed by atoms with E-state index in [0.29, 0.717) is 17.8 Å². The van der Waals surface area contributed by atoms with E-state index in [9.17, 15) is 4.79 Å². The predicted octanol–water partition coefficient (Wildman–Crippen LogP) is 3.77. The molecule has 3 rings (SSSR count). The second-order valence-electron chi connectivity index (χ2n) is 5.81. The van der Waals surface area contributed by atoms with E-state index in [1.807, 2.05) is 48.5 Å². The lowest BCUT2D eigenvalue weighted by Gasteiger charge is -2.11. The van der Waals surface area contributed by atoms with E-state index in [0.717, 1.165) is 22.7 Å². The molecule has 0 atom stereocenters. The van der Waals surface area contributed by atoms with Gasteiger partial charge in [-0.25, -0.2) is 0 Å².